The molecule has 12 heteroatoms. The van der Waals surface area contributed by atoms with Crippen LogP contribution in [0.4, 0.5) is 19.0 Å². The second-order valence-corrected chi connectivity index (χ2v) is 10.6. The van der Waals surface area contributed by atoms with Gasteiger partial charge in [-0.2, -0.15) is 13.2 Å². The highest BCUT2D eigenvalue weighted by Crippen LogP contribution is 2.45. The number of pyridine rings is 1. The van der Waals surface area contributed by atoms with E-state index in [2.05, 4.69) is 25.6 Å². The Morgan fingerprint density at radius 2 is 1.93 bits per heavy atom. The molecule has 40 heavy (non-hydrogen) atoms. The van der Waals surface area contributed by atoms with E-state index < -0.39 is 48.0 Å². The molecule has 1 aliphatic carbocycles. The summed E-state index contributed by atoms with van der Waals surface area (Å²) >= 11 is 0. The van der Waals surface area contributed by atoms with Gasteiger partial charge < -0.3 is 15.5 Å². The number of rotatable bonds is 4. The third kappa shape index (κ3) is 4.37. The Morgan fingerprint density at radius 1 is 1.15 bits per heavy atom. The van der Waals surface area contributed by atoms with E-state index in [1.165, 1.54) is 12.5 Å². The fraction of sp³-hybridized carbons (Fsp3) is 0.357. The Bertz CT molecular complexity index is 1510. The monoisotopic (exact) mass is 550 g/mol. The van der Waals surface area contributed by atoms with Crippen LogP contribution in [0.5, 0.6) is 0 Å². The van der Waals surface area contributed by atoms with Gasteiger partial charge in [-0.3, -0.25) is 19.4 Å². The van der Waals surface area contributed by atoms with E-state index >= 15 is 0 Å². The number of nitrogens with zero attached hydrogens (tertiary/aromatic N) is 4. The number of fused-ring (bicyclic) bond motifs is 3. The summed E-state index contributed by atoms with van der Waals surface area (Å²) in [5, 5.41) is 5.44. The highest BCUT2D eigenvalue weighted by Gasteiger charge is 2.52. The minimum absolute atomic E-state index is 0.155. The van der Waals surface area contributed by atoms with Gasteiger partial charge in [0, 0.05) is 42.0 Å². The van der Waals surface area contributed by atoms with Gasteiger partial charge in [-0.25, -0.2) is 9.97 Å². The van der Waals surface area contributed by atoms with Gasteiger partial charge in [-0.15, -0.1) is 0 Å². The van der Waals surface area contributed by atoms with Crippen molar-refractivity contribution in [3.8, 4) is 0 Å². The molecule has 1 spiro atoms. The highest BCUT2D eigenvalue weighted by atomic mass is 19.4. The number of likely N-dealkylation sites (tertiary alicyclic amines) is 1. The molecule has 0 radical (unpaired) electrons. The maximum Gasteiger partial charge on any atom is 0.406 e. The number of nitrogens with one attached hydrogen (secondary N) is 2. The fourth-order valence-electron chi connectivity index (χ4n) is 6.19. The maximum atomic E-state index is 13.4. The number of alkyl halides is 3. The molecule has 9 nitrogen and oxygen atoms in total. The van der Waals surface area contributed by atoms with Crippen molar-refractivity contribution >= 4 is 23.5 Å². The van der Waals surface area contributed by atoms with Gasteiger partial charge in [0.1, 0.15) is 24.7 Å². The first-order chi connectivity index (χ1) is 19.1. The van der Waals surface area contributed by atoms with Crippen molar-refractivity contribution in [3.63, 3.8) is 0 Å². The topological polar surface area (TPSA) is 117 Å². The summed E-state index contributed by atoms with van der Waals surface area (Å²) in [6.07, 6.45) is 0.493. The van der Waals surface area contributed by atoms with Crippen LogP contribution in [0.1, 0.15) is 52.0 Å². The van der Waals surface area contributed by atoms with Crippen LogP contribution in [-0.2, 0) is 27.8 Å². The van der Waals surface area contributed by atoms with Crippen molar-refractivity contribution in [1.82, 2.24) is 25.2 Å². The van der Waals surface area contributed by atoms with Crippen LogP contribution in [-0.4, -0.2) is 62.4 Å². The summed E-state index contributed by atoms with van der Waals surface area (Å²) < 4.78 is 40.3. The van der Waals surface area contributed by atoms with Gasteiger partial charge >= 0.3 is 6.18 Å². The molecule has 4 heterocycles. The van der Waals surface area contributed by atoms with Crippen molar-refractivity contribution < 1.29 is 27.6 Å². The Balaban J connectivity index is 1.25. The van der Waals surface area contributed by atoms with Crippen LogP contribution in [0.15, 0.2) is 55.1 Å². The van der Waals surface area contributed by atoms with Crippen molar-refractivity contribution in [1.29, 1.82) is 0 Å². The number of hydrogen-bond acceptors (Lipinski definition) is 6. The number of anilines is 1. The summed E-state index contributed by atoms with van der Waals surface area (Å²) in [4.78, 5) is 52.9. The smallest absolute Gasteiger partial charge is 0.340 e. The number of hydrogen-bond donors (Lipinski definition) is 2. The first-order valence-electron chi connectivity index (χ1n) is 12.9. The molecule has 2 aromatic heterocycles. The zero-order valence-electron chi connectivity index (χ0n) is 21.4. The van der Waals surface area contributed by atoms with Crippen molar-refractivity contribution in [2.24, 2.45) is 0 Å². The number of aromatic nitrogens is 3. The van der Waals surface area contributed by atoms with E-state index in [0.717, 1.165) is 10.5 Å². The van der Waals surface area contributed by atoms with Crippen LogP contribution in [0.2, 0.25) is 0 Å². The predicted molar refractivity (Wildman–Crippen MR) is 136 cm³/mol. The van der Waals surface area contributed by atoms with Crippen LogP contribution < -0.4 is 10.6 Å². The van der Waals surface area contributed by atoms with Gasteiger partial charge in [-0.05, 0) is 37.0 Å². The molecule has 2 aliphatic heterocycles. The average molecular weight is 551 g/mol. The maximum absolute atomic E-state index is 13.4. The zero-order chi connectivity index (χ0) is 28.2. The molecule has 2 N–H and O–H groups in total. The van der Waals surface area contributed by atoms with Gasteiger partial charge in [0.2, 0.25) is 11.8 Å². The SMILES string of the molecule is C[C@@H]1[C@H](c2ccccc2)C[C@H](NC(=O)c2cnc3c(c2)C[C@@]2(C3)C(=O)Nc3ncncc32)C(=O)N1CC(F)(F)F. The minimum atomic E-state index is -4.59. The Labute approximate surface area is 227 Å². The first-order valence-corrected chi connectivity index (χ1v) is 12.9. The minimum Gasteiger partial charge on any atom is -0.340 e. The molecule has 0 unspecified atom stereocenters. The lowest BCUT2D eigenvalue weighted by Gasteiger charge is -2.43. The second kappa shape index (κ2) is 9.39. The Morgan fingerprint density at radius 3 is 2.67 bits per heavy atom. The molecule has 6 rings (SSSR count). The molecule has 0 bridgehead atoms. The lowest BCUT2D eigenvalue weighted by molar-refractivity contribution is -0.170. The number of benzene rings is 1. The lowest BCUT2D eigenvalue weighted by atomic mass is 9.80. The zero-order valence-corrected chi connectivity index (χ0v) is 21.4. The van der Waals surface area contributed by atoms with E-state index in [4.69, 9.17) is 0 Å². The molecule has 4 atom stereocenters. The van der Waals surface area contributed by atoms with Gasteiger partial charge in [0.25, 0.3) is 5.91 Å². The second-order valence-electron chi connectivity index (χ2n) is 10.6. The molecule has 1 fully saturated rings. The highest BCUT2D eigenvalue weighted by molar-refractivity contribution is 6.06. The molecule has 1 saturated heterocycles. The molecular formula is C28H25F3N6O3. The van der Waals surface area contributed by atoms with Crippen LogP contribution >= 0.6 is 0 Å². The van der Waals surface area contributed by atoms with E-state index in [9.17, 15) is 27.6 Å². The molecule has 206 valence electrons. The van der Waals surface area contributed by atoms with E-state index in [1.54, 1.807) is 37.4 Å². The van der Waals surface area contributed by atoms with Crippen molar-refractivity contribution in [3.05, 3.63) is 83.1 Å². The van der Waals surface area contributed by atoms with Gasteiger partial charge in [0.05, 0.1) is 11.0 Å². The summed E-state index contributed by atoms with van der Waals surface area (Å²) in [6, 6.07) is 8.76. The summed E-state index contributed by atoms with van der Waals surface area (Å²) in [5.41, 5.74) is 2.05. The van der Waals surface area contributed by atoms with Crippen LogP contribution in [0.25, 0.3) is 0 Å². The molecule has 3 aliphatic rings. The normalized spacial score (nSPS) is 25.5. The third-order valence-electron chi connectivity index (χ3n) is 8.21. The summed E-state index contributed by atoms with van der Waals surface area (Å²) in [7, 11) is 0. The average Bonchev–Trinajstić information content (AvgIpc) is 3.44. The Hall–Kier alpha value is -4.35. The predicted octanol–water partition coefficient (Wildman–Crippen LogP) is 2.93. The molecule has 0 saturated carbocycles. The third-order valence-corrected chi connectivity index (χ3v) is 8.21. The summed E-state index contributed by atoms with van der Waals surface area (Å²) in [6.45, 7) is 0.195. The number of halogens is 3. The van der Waals surface area contributed by atoms with E-state index in [0.29, 0.717) is 29.1 Å². The quantitative estimate of drug-likeness (QED) is 0.516. The molecule has 3 amide bonds. The number of carbonyl (C=O) groups is 3. The summed E-state index contributed by atoms with van der Waals surface area (Å²) in [5.74, 6) is -1.58. The number of carbonyl (C=O) groups excluding carboxylic acids is 3. The number of piperidine rings is 1. The lowest BCUT2D eigenvalue weighted by Crippen LogP contribution is -2.59. The van der Waals surface area contributed by atoms with E-state index in [-0.39, 0.29) is 24.3 Å². The van der Waals surface area contributed by atoms with Crippen molar-refractivity contribution in [2.45, 2.75) is 55.8 Å². The fourth-order valence-corrected chi connectivity index (χ4v) is 6.19. The van der Waals surface area contributed by atoms with Crippen LogP contribution in [0.3, 0.4) is 0 Å². The first kappa shape index (κ1) is 25.9. The van der Waals surface area contributed by atoms with Crippen LogP contribution in [0, 0.1) is 0 Å². The number of amides is 3. The molecule has 1 aromatic carbocycles. The Kier molecular flexibility index (Phi) is 6.08. The van der Waals surface area contributed by atoms with Crippen molar-refractivity contribution in [2.75, 3.05) is 11.9 Å². The molecular weight excluding hydrogens is 525 g/mol. The van der Waals surface area contributed by atoms with Gasteiger partial charge in [-0.1, -0.05) is 30.3 Å². The van der Waals surface area contributed by atoms with Gasteiger partial charge in [0.15, 0.2) is 0 Å². The van der Waals surface area contributed by atoms with E-state index in [1.807, 2.05) is 12.1 Å². The largest absolute Gasteiger partial charge is 0.406 e. The molecule has 3 aromatic rings. The standard InChI is InChI=1S/C28H25F3N6O3/c1-15-19(16-5-3-2-4-6-16)8-21(25(39)37(15)13-28(29,30)31)35-24(38)18-7-17-9-27(10-22(17)33-11-18)20-12-32-14-34-23(20)36-26(27)40/h2-7,11-12,14-15,19,21H,8-10,13H2,1H3,(H,35,38)(H,32,34,36,40)/t15-,19-,21+,27+/m1/s1.